The van der Waals surface area contributed by atoms with E-state index in [1.807, 2.05) is 24.3 Å². The van der Waals surface area contributed by atoms with Crippen LogP contribution in [0.15, 0.2) is 77.9 Å². The lowest BCUT2D eigenvalue weighted by molar-refractivity contribution is -0.122. The van der Waals surface area contributed by atoms with Crippen LogP contribution >= 0.6 is 0 Å². The van der Waals surface area contributed by atoms with Crippen molar-refractivity contribution in [2.24, 2.45) is 5.10 Å². The third kappa shape index (κ3) is 5.72. The molecule has 164 valence electrons. The lowest BCUT2D eigenvalue weighted by Gasteiger charge is -2.11. The molecule has 0 radical (unpaired) electrons. The van der Waals surface area contributed by atoms with E-state index in [1.165, 1.54) is 11.8 Å². The normalized spacial score (nSPS) is 18.0. The first-order valence-electron chi connectivity index (χ1n) is 10.5. The van der Waals surface area contributed by atoms with Crippen LogP contribution in [0.25, 0.3) is 0 Å². The van der Waals surface area contributed by atoms with Crippen molar-refractivity contribution in [2.75, 3.05) is 0 Å². The molecule has 1 heterocycles. The van der Waals surface area contributed by atoms with Crippen molar-refractivity contribution >= 4 is 12.1 Å². The summed E-state index contributed by atoms with van der Waals surface area (Å²) in [7, 11) is 0. The minimum Gasteiger partial charge on any atom is -0.508 e. The van der Waals surface area contributed by atoms with Gasteiger partial charge in [0.25, 0.3) is 5.91 Å². The highest BCUT2D eigenvalue weighted by molar-refractivity contribution is 5.85. The van der Waals surface area contributed by atoms with E-state index in [4.69, 9.17) is 4.74 Å². The Balaban J connectivity index is 1.26. The van der Waals surface area contributed by atoms with Crippen LogP contribution in [0.5, 0.6) is 11.5 Å². The fourth-order valence-corrected chi connectivity index (χ4v) is 3.45. The van der Waals surface area contributed by atoms with E-state index in [2.05, 4.69) is 52.6 Å². The average molecular weight is 431 g/mol. The monoisotopic (exact) mass is 430 g/mol. The van der Waals surface area contributed by atoms with Crippen LogP contribution in [0.2, 0.25) is 0 Å². The molecule has 1 saturated heterocycles. The molecule has 1 aliphatic heterocycles. The number of rotatable bonds is 7. The van der Waals surface area contributed by atoms with Gasteiger partial charge in [0, 0.05) is 6.04 Å². The number of phenols is 1. The number of amides is 1. The number of ether oxygens (including phenoxy) is 1. The van der Waals surface area contributed by atoms with Crippen LogP contribution in [0.4, 0.5) is 0 Å². The maximum atomic E-state index is 12.4. The van der Waals surface area contributed by atoms with Crippen molar-refractivity contribution < 1.29 is 14.6 Å². The second-order valence-corrected chi connectivity index (χ2v) is 7.80. The number of nitrogens with zero attached hydrogens (tertiary/aromatic N) is 1. The Bertz CT molecular complexity index is 1080. The Morgan fingerprint density at radius 3 is 2.66 bits per heavy atom. The molecule has 3 aromatic carbocycles. The predicted octanol–water partition coefficient (Wildman–Crippen LogP) is 3.34. The van der Waals surface area contributed by atoms with Crippen molar-refractivity contribution in [1.82, 2.24) is 16.3 Å². The van der Waals surface area contributed by atoms with Gasteiger partial charge >= 0.3 is 0 Å². The smallest absolute Gasteiger partial charge is 0.258 e. The number of carbonyl (C=O) groups is 1. The number of benzene rings is 3. The first-order valence-corrected chi connectivity index (χ1v) is 10.5. The number of hydrogen-bond acceptors (Lipinski definition) is 6. The molecule has 0 saturated carbocycles. The van der Waals surface area contributed by atoms with Crippen LogP contribution in [0.1, 0.15) is 34.7 Å². The van der Waals surface area contributed by atoms with Crippen LogP contribution < -0.4 is 21.0 Å². The number of hydrazone groups is 1. The fraction of sp³-hybridized carbons (Fsp3) is 0.200. The van der Waals surface area contributed by atoms with E-state index in [0.29, 0.717) is 18.6 Å². The molecule has 1 fully saturated rings. The molecular weight excluding hydrogens is 404 g/mol. The second kappa shape index (κ2) is 10.1. The van der Waals surface area contributed by atoms with E-state index >= 15 is 0 Å². The van der Waals surface area contributed by atoms with Crippen molar-refractivity contribution in [3.05, 3.63) is 95.1 Å². The number of nitrogens with one attached hydrogen (secondary N) is 3. The highest BCUT2D eigenvalue weighted by Crippen LogP contribution is 2.24. The zero-order valence-corrected chi connectivity index (χ0v) is 17.8. The first-order chi connectivity index (χ1) is 15.6. The van der Waals surface area contributed by atoms with Gasteiger partial charge in [-0.2, -0.15) is 5.10 Å². The van der Waals surface area contributed by atoms with E-state index in [0.717, 1.165) is 16.9 Å². The lowest BCUT2D eigenvalue weighted by atomic mass is 10.0. The summed E-state index contributed by atoms with van der Waals surface area (Å²) in [6.07, 6.45) is 2.09. The Kier molecular flexibility index (Phi) is 6.79. The molecule has 32 heavy (non-hydrogen) atoms. The number of hydrogen-bond donors (Lipinski definition) is 4. The number of hydrazine groups is 1. The Morgan fingerprint density at radius 1 is 1.12 bits per heavy atom. The topological polar surface area (TPSA) is 95.0 Å². The van der Waals surface area contributed by atoms with Gasteiger partial charge in [0.1, 0.15) is 24.1 Å². The molecule has 4 N–H and O–H groups in total. The van der Waals surface area contributed by atoms with Crippen LogP contribution in [-0.4, -0.2) is 23.3 Å². The summed E-state index contributed by atoms with van der Waals surface area (Å²) in [5, 5.41) is 13.4. The molecule has 4 rings (SSSR count). The zero-order chi connectivity index (χ0) is 22.3. The van der Waals surface area contributed by atoms with Crippen molar-refractivity contribution in [1.29, 1.82) is 0 Å². The standard InChI is InChI=1S/C25H26N4O3/c1-17-5-7-18(8-6-17)16-32-22-11-9-20(10-12-22)23-14-24(28-27-23)25(31)29-26-15-19-3-2-4-21(30)13-19/h2-13,15,23-24,27-28,30H,14,16H2,1H3,(H,29,31)/b26-15-. The molecular formula is C25H26N4O3. The van der Waals surface area contributed by atoms with Crippen LogP contribution in [0.3, 0.4) is 0 Å². The van der Waals surface area contributed by atoms with Crippen molar-refractivity contribution in [3.8, 4) is 11.5 Å². The fourth-order valence-electron chi connectivity index (χ4n) is 3.45. The van der Waals surface area contributed by atoms with Gasteiger partial charge in [-0.15, -0.1) is 0 Å². The highest BCUT2D eigenvalue weighted by atomic mass is 16.5. The van der Waals surface area contributed by atoms with Gasteiger partial charge in [-0.1, -0.05) is 54.1 Å². The quantitative estimate of drug-likeness (QED) is 0.341. The maximum Gasteiger partial charge on any atom is 0.258 e. The summed E-state index contributed by atoms with van der Waals surface area (Å²) in [5.74, 6) is 0.724. The molecule has 2 unspecified atom stereocenters. The third-order valence-corrected chi connectivity index (χ3v) is 5.29. The number of aromatic hydroxyl groups is 1. The van der Waals surface area contributed by atoms with E-state index in [9.17, 15) is 9.90 Å². The van der Waals surface area contributed by atoms with E-state index < -0.39 is 6.04 Å². The first kappa shape index (κ1) is 21.5. The second-order valence-electron chi connectivity index (χ2n) is 7.80. The molecule has 0 spiro atoms. The summed E-state index contributed by atoms with van der Waals surface area (Å²) < 4.78 is 5.87. The van der Waals surface area contributed by atoms with Crippen molar-refractivity contribution in [2.45, 2.75) is 32.0 Å². The van der Waals surface area contributed by atoms with Crippen LogP contribution in [0, 0.1) is 6.92 Å². The molecule has 7 nitrogen and oxygen atoms in total. The molecule has 2 atom stereocenters. The van der Waals surface area contributed by atoms with E-state index in [1.54, 1.807) is 24.3 Å². The summed E-state index contributed by atoms with van der Waals surface area (Å²) >= 11 is 0. The van der Waals surface area contributed by atoms with Gasteiger partial charge in [0.2, 0.25) is 0 Å². The summed E-state index contributed by atoms with van der Waals surface area (Å²) in [4.78, 5) is 12.4. The minimum atomic E-state index is -0.404. The molecule has 0 aromatic heterocycles. The predicted molar refractivity (Wildman–Crippen MR) is 123 cm³/mol. The molecule has 3 aromatic rings. The summed E-state index contributed by atoms with van der Waals surface area (Å²) in [5.41, 5.74) is 12.8. The Hall–Kier alpha value is -3.68. The Labute approximate surface area is 187 Å². The van der Waals surface area contributed by atoms with Gasteiger partial charge in [-0.25, -0.2) is 16.3 Å². The van der Waals surface area contributed by atoms with Crippen molar-refractivity contribution in [3.63, 3.8) is 0 Å². The number of phenolic OH excluding ortho intramolecular Hbond substituents is 1. The number of aryl methyl sites for hydroxylation is 1. The van der Waals surface area contributed by atoms with Crippen LogP contribution in [-0.2, 0) is 11.4 Å². The summed E-state index contributed by atoms with van der Waals surface area (Å²) in [6.45, 7) is 2.59. The average Bonchev–Trinajstić information content (AvgIpc) is 3.30. The largest absolute Gasteiger partial charge is 0.508 e. The molecule has 7 heteroatoms. The molecule has 1 amide bonds. The molecule has 1 aliphatic rings. The van der Waals surface area contributed by atoms with Gasteiger partial charge < -0.3 is 9.84 Å². The highest BCUT2D eigenvalue weighted by Gasteiger charge is 2.30. The van der Waals surface area contributed by atoms with Gasteiger partial charge in [0.05, 0.1) is 6.21 Å². The molecule has 0 aliphatic carbocycles. The van der Waals surface area contributed by atoms with Gasteiger partial charge in [0.15, 0.2) is 0 Å². The minimum absolute atomic E-state index is 0.00643. The SMILES string of the molecule is Cc1ccc(COc2ccc(C3CC(C(=O)N/N=C\c4cccc(O)c4)NN3)cc2)cc1. The van der Waals surface area contributed by atoms with Gasteiger partial charge in [-0.05, 0) is 54.3 Å². The molecule has 0 bridgehead atoms. The Morgan fingerprint density at radius 2 is 1.91 bits per heavy atom. The lowest BCUT2D eigenvalue weighted by Crippen LogP contribution is -2.41. The zero-order valence-electron chi connectivity index (χ0n) is 17.8. The van der Waals surface area contributed by atoms with E-state index in [-0.39, 0.29) is 17.7 Å². The maximum absolute atomic E-state index is 12.4. The summed E-state index contributed by atoms with van der Waals surface area (Å²) in [6, 6.07) is 22.4. The van der Waals surface area contributed by atoms with Gasteiger partial charge in [-0.3, -0.25) is 4.79 Å². The third-order valence-electron chi connectivity index (χ3n) is 5.29. The number of carbonyl (C=O) groups excluding carboxylic acids is 1.